The molecular formula is C15H15N3O2S. The van der Waals surface area contributed by atoms with Crippen molar-refractivity contribution in [2.45, 2.75) is 20.3 Å². The summed E-state index contributed by atoms with van der Waals surface area (Å²) in [5, 5.41) is 6.75. The summed E-state index contributed by atoms with van der Waals surface area (Å²) in [5.41, 5.74) is 3.24. The monoisotopic (exact) mass is 301 g/mol. The first-order chi connectivity index (χ1) is 10.2. The lowest BCUT2D eigenvalue weighted by atomic mass is 10.1. The van der Waals surface area contributed by atoms with E-state index in [1.54, 1.807) is 7.11 Å². The van der Waals surface area contributed by atoms with Gasteiger partial charge < -0.3 is 9.26 Å². The summed E-state index contributed by atoms with van der Waals surface area (Å²) in [6.45, 7) is 3.99. The number of aryl methyl sites for hydroxylation is 2. The Balaban J connectivity index is 1.81. The molecule has 1 aromatic carbocycles. The van der Waals surface area contributed by atoms with Crippen LogP contribution in [0.15, 0.2) is 28.1 Å². The number of benzene rings is 1. The van der Waals surface area contributed by atoms with Gasteiger partial charge in [-0.15, -0.1) is 11.3 Å². The van der Waals surface area contributed by atoms with E-state index < -0.39 is 0 Å². The minimum Gasteiger partial charge on any atom is -0.497 e. The van der Waals surface area contributed by atoms with Crippen LogP contribution >= 0.6 is 11.3 Å². The molecule has 0 unspecified atom stereocenters. The van der Waals surface area contributed by atoms with Gasteiger partial charge in [-0.25, -0.2) is 4.98 Å². The fourth-order valence-corrected chi connectivity index (χ4v) is 2.75. The fraction of sp³-hybridized carbons (Fsp3) is 0.267. The van der Waals surface area contributed by atoms with Crippen LogP contribution < -0.4 is 4.74 Å². The predicted molar refractivity (Wildman–Crippen MR) is 80.7 cm³/mol. The van der Waals surface area contributed by atoms with Gasteiger partial charge in [0.05, 0.1) is 13.5 Å². The van der Waals surface area contributed by atoms with Crippen LogP contribution in [0.5, 0.6) is 5.75 Å². The second-order valence-corrected chi connectivity index (χ2v) is 5.63. The lowest BCUT2D eigenvalue weighted by Crippen LogP contribution is -1.93. The number of aromatic nitrogens is 3. The highest BCUT2D eigenvalue weighted by molar-refractivity contribution is 7.13. The van der Waals surface area contributed by atoms with Gasteiger partial charge in [-0.1, -0.05) is 11.2 Å². The van der Waals surface area contributed by atoms with Crippen molar-refractivity contribution in [1.29, 1.82) is 0 Å². The Morgan fingerprint density at radius 1 is 1.24 bits per heavy atom. The molecule has 0 bridgehead atoms. The van der Waals surface area contributed by atoms with Gasteiger partial charge in [0.2, 0.25) is 11.7 Å². The summed E-state index contributed by atoms with van der Waals surface area (Å²) in [4.78, 5) is 8.77. The van der Waals surface area contributed by atoms with E-state index in [4.69, 9.17) is 9.26 Å². The zero-order valence-corrected chi connectivity index (χ0v) is 12.9. The number of thiazole rings is 1. The molecule has 0 radical (unpaired) electrons. The van der Waals surface area contributed by atoms with Crippen LogP contribution in [0, 0.1) is 13.8 Å². The van der Waals surface area contributed by atoms with Gasteiger partial charge in [0.25, 0.3) is 0 Å². The molecule has 0 aliphatic carbocycles. The summed E-state index contributed by atoms with van der Waals surface area (Å²) < 4.78 is 10.5. The minimum absolute atomic E-state index is 0.550. The SMILES string of the molecule is COc1ccc(Cc2nc(-c3nc(C)cs3)no2)c(C)c1. The van der Waals surface area contributed by atoms with Crippen LogP contribution in [0.3, 0.4) is 0 Å². The smallest absolute Gasteiger partial charge is 0.231 e. The average molecular weight is 301 g/mol. The van der Waals surface area contributed by atoms with E-state index in [2.05, 4.69) is 15.1 Å². The van der Waals surface area contributed by atoms with Crippen molar-refractivity contribution in [3.8, 4) is 16.6 Å². The molecule has 0 saturated heterocycles. The molecule has 6 heteroatoms. The maximum absolute atomic E-state index is 5.32. The lowest BCUT2D eigenvalue weighted by Gasteiger charge is -2.05. The Labute approximate surface area is 126 Å². The number of rotatable bonds is 4. The topological polar surface area (TPSA) is 61.0 Å². The van der Waals surface area contributed by atoms with Crippen LogP contribution in [0.4, 0.5) is 0 Å². The first-order valence-corrected chi connectivity index (χ1v) is 7.42. The first-order valence-electron chi connectivity index (χ1n) is 6.54. The highest BCUT2D eigenvalue weighted by Gasteiger charge is 2.13. The van der Waals surface area contributed by atoms with E-state index in [1.807, 2.05) is 37.4 Å². The standard InChI is InChI=1S/C15H15N3O2S/c1-9-6-12(19-3)5-4-11(9)7-13-17-14(18-20-13)15-16-10(2)8-21-15/h4-6,8H,7H2,1-3H3. The Morgan fingerprint density at radius 2 is 2.10 bits per heavy atom. The van der Waals surface area contributed by atoms with E-state index >= 15 is 0 Å². The fourth-order valence-electron chi connectivity index (χ4n) is 2.03. The van der Waals surface area contributed by atoms with Crippen LogP contribution in [-0.2, 0) is 6.42 Å². The molecule has 0 atom stereocenters. The second kappa shape index (κ2) is 5.65. The van der Waals surface area contributed by atoms with Gasteiger partial charge in [0.15, 0.2) is 5.01 Å². The summed E-state index contributed by atoms with van der Waals surface area (Å²) in [6.07, 6.45) is 0.604. The van der Waals surface area contributed by atoms with Gasteiger partial charge in [0.1, 0.15) is 5.75 Å². The van der Waals surface area contributed by atoms with Gasteiger partial charge in [-0.05, 0) is 37.1 Å². The Hall–Kier alpha value is -2.21. The van der Waals surface area contributed by atoms with Crippen molar-refractivity contribution in [2.24, 2.45) is 0 Å². The normalized spacial score (nSPS) is 10.8. The number of nitrogens with zero attached hydrogens (tertiary/aromatic N) is 3. The molecule has 108 valence electrons. The third kappa shape index (κ3) is 2.95. The highest BCUT2D eigenvalue weighted by atomic mass is 32.1. The van der Waals surface area contributed by atoms with Crippen LogP contribution in [0.2, 0.25) is 0 Å². The molecule has 0 spiro atoms. The van der Waals surface area contributed by atoms with E-state index in [1.165, 1.54) is 11.3 Å². The quantitative estimate of drug-likeness (QED) is 0.739. The molecule has 0 N–H and O–H groups in total. The molecule has 21 heavy (non-hydrogen) atoms. The van der Waals surface area contributed by atoms with Gasteiger partial charge in [-0.2, -0.15) is 4.98 Å². The van der Waals surface area contributed by atoms with Crippen molar-refractivity contribution >= 4 is 11.3 Å². The highest BCUT2D eigenvalue weighted by Crippen LogP contribution is 2.23. The zero-order valence-electron chi connectivity index (χ0n) is 12.1. The number of hydrogen-bond donors (Lipinski definition) is 0. The van der Waals surface area contributed by atoms with Crippen LogP contribution in [-0.4, -0.2) is 22.2 Å². The molecule has 0 fully saturated rings. The van der Waals surface area contributed by atoms with E-state index in [0.29, 0.717) is 18.1 Å². The van der Waals surface area contributed by atoms with E-state index in [-0.39, 0.29) is 0 Å². The summed E-state index contributed by atoms with van der Waals surface area (Å²) in [7, 11) is 1.66. The predicted octanol–water partition coefficient (Wildman–Crippen LogP) is 3.41. The minimum atomic E-state index is 0.550. The maximum Gasteiger partial charge on any atom is 0.231 e. The molecule has 3 rings (SSSR count). The maximum atomic E-state index is 5.32. The van der Waals surface area contributed by atoms with Crippen LogP contribution in [0.25, 0.3) is 10.8 Å². The molecule has 0 amide bonds. The van der Waals surface area contributed by atoms with Crippen molar-refractivity contribution in [3.05, 3.63) is 46.3 Å². The Morgan fingerprint density at radius 3 is 2.76 bits per heavy atom. The van der Waals surface area contributed by atoms with E-state index in [0.717, 1.165) is 27.6 Å². The second-order valence-electron chi connectivity index (χ2n) is 4.77. The number of hydrogen-bond acceptors (Lipinski definition) is 6. The molecular weight excluding hydrogens is 286 g/mol. The van der Waals surface area contributed by atoms with Crippen molar-refractivity contribution in [3.63, 3.8) is 0 Å². The van der Waals surface area contributed by atoms with Crippen molar-refractivity contribution in [2.75, 3.05) is 7.11 Å². The van der Waals surface area contributed by atoms with Crippen molar-refractivity contribution in [1.82, 2.24) is 15.1 Å². The lowest BCUT2D eigenvalue weighted by molar-refractivity contribution is 0.385. The summed E-state index contributed by atoms with van der Waals surface area (Å²) in [5.74, 6) is 1.99. The van der Waals surface area contributed by atoms with Gasteiger partial charge in [-0.3, -0.25) is 0 Å². The van der Waals surface area contributed by atoms with E-state index in [9.17, 15) is 0 Å². The third-order valence-electron chi connectivity index (χ3n) is 3.17. The summed E-state index contributed by atoms with van der Waals surface area (Å²) in [6, 6.07) is 5.95. The van der Waals surface area contributed by atoms with Gasteiger partial charge >= 0.3 is 0 Å². The number of methoxy groups -OCH3 is 1. The molecule has 2 heterocycles. The Bertz CT molecular complexity index is 764. The molecule has 2 aromatic heterocycles. The molecule has 0 aliphatic rings. The third-order valence-corrected chi connectivity index (χ3v) is 4.13. The van der Waals surface area contributed by atoms with Crippen LogP contribution in [0.1, 0.15) is 22.7 Å². The Kier molecular flexibility index (Phi) is 3.70. The average Bonchev–Trinajstić information content (AvgIpc) is 3.10. The van der Waals surface area contributed by atoms with Gasteiger partial charge in [0, 0.05) is 11.1 Å². The number of ether oxygens (including phenoxy) is 1. The zero-order chi connectivity index (χ0) is 14.8. The molecule has 0 saturated carbocycles. The molecule has 0 aliphatic heterocycles. The molecule has 5 nitrogen and oxygen atoms in total. The molecule has 3 aromatic rings. The summed E-state index contributed by atoms with van der Waals surface area (Å²) >= 11 is 1.52. The van der Waals surface area contributed by atoms with Crippen molar-refractivity contribution < 1.29 is 9.26 Å². The largest absolute Gasteiger partial charge is 0.497 e. The first kappa shape index (κ1) is 13.8.